The van der Waals surface area contributed by atoms with Crippen molar-refractivity contribution in [2.75, 3.05) is 20.3 Å². The quantitative estimate of drug-likeness (QED) is 0.124. The highest BCUT2D eigenvalue weighted by Crippen LogP contribution is 2.35. The Bertz CT molecular complexity index is 1650. The zero-order valence-electron chi connectivity index (χ0n) is 24.4. The van der Waals surface area contributed by atoms with Crippen LogP contribution < -0.4 is 30.3 Å². The van der Waals surface area contributed by atoms with Crippen LogP contribution >= 0.6 is 31.9 Å². The van der Waals surface area contributed by atoms with Gasteiger partial charge in [-0.3, -0.25) is 4.79 Å². The molecule has 0 spiro atoms. The highest BCUT2D eigenvalue weighted by molar-refractivity contribution is 9.11. The van der Waals surface area contributed by atoms with Gasteiger partial charge in [0.25, 0.3) is 5.91 Å². The van der Waals surface area contributed by atoms with Crippen molar-refractivity contribution < 1.29 is 37.7 Å². The van der Waals surface area contributed by atoms with E-state index in [4.69, 9.17) is 18.9 Å². The van der Waals surface area contributed by atoms with Gasteiger partial charge in [-0.25, -0.2) is 19.4 Å². The lowest BCUT2D eigenvalue weighted by Gasteiger charge is -2.28. The van der Waals surface area contributed by atoms with Crippen molar-refractivity contribution in [2.45, 2.75) is 26.5 Å². The molecule has 45 heavy (non-hydrogen) atoms. The van der Waals surface area contributed by atoms with Gasteiger partial charge in [-0.1, -0.05) is 34.1 Å². The summed E-state index contributed by atoms with van der Waals surface area (Å²) >= 11 is 6.91. The fourth-order valence-corrected chi connectivity index (χ4v) is 5.69. The lowest BCUT2D eigenvalue weighted by Crippen LogP contribution is -2.45. The first-order valence-corrected chi connectivity index (χ1v) is 15.1. The number of halogens is 3. The number of ether oxygens (including phenoxy) is 4. The lowest BCUT2D eigenvalue weighted by atomic mass is 9.95. The van der Waals surface area contributed by atoms with Crippen LogP contribution in [0.1, 0.15) is 36.6 Å². The molecule has 1 heterocycles. The van der Waals surface area contributed by atoms with Crippen LogP contribution in [0.4, 0.5) is 9.18 Å². The molecule has 236 valence electrons. The summed E-state index contributed by atoms with van der Waals surface area (Å²) in [6.07, 6.45) is 1.42. The summed E-state index contributed by atoms with van der Waals surface area (Å²) in [7, 11) is 1.43. The molecule has 0 bridgehead atoms. The lowest BCUT2D eigenvalue weighted by molar-refractivity contribution is -0.139. The maximum atomic E-state index is 13.2. The second-order valence-electron chi connectivity index (χ2n) is 9.50. The second-order valence-corrected chi connectivity index (χ2v) is 11.3. The molecule has 0 radical (unpaired) electrons. The van der Waals surface area contributed by atoms with E-state index in [0.29, 0.717) is 27.0 Å². The maximum Gasteiger partial charge on any atom is 0.338 e. The van der Waals surface area contributed by atoms with Gasteiger partial charge >= 0.3 is 12.0 Å². The van der Waals surface area contributed by atoms with Crippen molar-refractivity contribution in [1.82, 2.24) is 16.1 Å². The number of carbonyl (C=O) groups excluding carboxylic acids is 3. The molecule has 1 atom stereocenters. The zero-order valence-corrected chi connectivity index (χ0v) is 27.6. The van der Waals surface area contributed by atoms with Crippen LogP contribution in [0.25, 0.3) is 0 Å². The van der Waals surface area contributed by atoms with Crippen LogP contribution in [0.5, 0.6) is 17.2 Å². The van der Waals surface area contributed by atoms with E-state index < -0.39 is 23.9 Å². The predicted molar refractivity (Wildman–Crippen MR) is 171 cm³/mol. The van der Waals surface area contributed by atoms with Gasteiger partial charge in [-0.15, -0.1) is 0 Å². The van der Waals surface area contributed by atoms with Gasteiger partial charge in [0.2, 0.25) is 0 Å². The summed E-state index contributed by atoms with van der Waals surface area (Å²) in [4.78, 5) is 37.3. The van der Waals surface area contributed by atoms with E-state index in [1.165, 1.54) is 25.5 Å². The summed E-state index contributed by atoms with van der Waals surface area (Å²) in [6, 6.07) is 13.1. The van der Waals surface area contributed by atoms with E-state index in [1.54, 1.807) is 56.3 Å². The molecule has 0 fully saturated rings. The predicted octanol–water partition coefficient (Wildman–Crippen LogP) is 5.66. The van der Waals surface area contributed by atoms with Gasteiger partial charge in [-0.05, 0) is 77.3 Å². The Hall–Kier alpha value is -4.43. The summed E-state index contributed by atoms with van der Waals surface area (Å²) in [6.45, 7) is 3.28. The highest BCUT2D eigenvalue weighted by atomic mass is 79.9. The number of allylic oxidation sites excluding steroid dienone is 1. The minimum atomic E-state index is -0.791. The third-order valence-electron chi connectivity index (χ3n) is 6.37. The van der Waals surface area contributed by atoms with Crippen molar-refractivity contribution in [3.63, 3.8) is 0 Å². The first-order valence-electron chi connectivity index (χ1n) is 13.5. The molecule has 1 aliphatic rings. The van der Waals surface area contributed by atoms with Gasteiger partial charge in [0.1, 0.15) is 18.2 Å². The highest BCUT2D eigenvalue weighted by Gasteiger charge is 2.32. The molecular formula is C31H29Br2FN4O7. The van der Waals surface area contributed by atoms with Crippen LogP contribution in [0, 0.1) is 5.82 Å². The zero-order chi connectivity index (χ0) is 32.5. The van der Waals surface area contributed by atoms with Crippen LogP contribution in [0.15, 0.2) is 79.9 Å². The number of rotatable bonds is 12. The molecule has 3 amide bonds. The largest absolute Gasteiger partial charge is 0.493 e. The summed E-state index contributed by atoms with van der Waals surface area (Å²) in [5, 5.41) is 9.34. The van der Waals surface area contributed by atoms with Crippen molar-refractivity contribution in [3.8, 4) is 17.2 Å². The maximum absolute atomic E-state index is 13.2. The average molecular weight is 748 g/mol. The van der Waals surface area contributed by atoms with Gasteiger partial charge < -0.3 is 29.6 Å². The smallest absolute Gasteiger partial charge is 0.338 e. The molecule has 3 aromatic carbocycles. The molecule has 1 aliphatic heterocycles. The van der Waals surface area contributed by atoms with Gasteiger partial charge in [0.15, 0.2) is 18.1 Å². The van der Waals surface area contributed by atoms with Crippen molar-refractivity contribution in [1.29, 1.82) is 0 Å². The van der Waals surface area contributed by atoms with Gasteiger partial charge in [0.05, 0.1) is 36.0 Å². The number of hydrogen-bond acceptors (Lipinski definition) is 8. The normalized spacial score (nSPS) is 14.4. The number of amides is 3. The van der Waals surface area contributed by atoms with E-state index >= 15 is 0 Å². The SMILES string of the molecule is CCOC(=O)C1=C(C)NC(=O)N[C@H]1c1ccc(OCC(=O)N/N=C/c2cc(Br)cc(Br)c2OCc2ccc(F)cc2)c(OC)c1. The molecule has 0 aliphatic carbocycles. The van der Waals surface area contributed by atoms with E-state index in [0.717, 1.165) is 10.0 Å². The number of carbonyl (C=O) groups is 3. The molecule has 4 rings (SSSR count). The number of nitrogens with zero attached hydrogens (tertiary/aromatic N) is 1. The fourth-order valence-electron chi connectivity index (χ4n) is 4.32. The van der Waals surface area contributed by atoms with E-state index in [1.807, 2.05) is 0 Å². The fraction of sp³-hybridized carbons (Fsp3) is 0.226. The monoisotopic (exact) mass is 746 g/mol. The average Bonchev–Trinajstić information content (AvgIpc) is 3.00. The van der Waals surface area contributed by atoms with Crippen molar-refractivity contribution >= 4 is 56.0 Å². The van der Waals surface area contributed by atoms with Gasteiger partial charge in [0, 0.05) is 15.7 Å². The molecule has 14 heteroatoms. The number of urea groups is 1. The minimum absolute atomic E-state index is 0.172. The van der Waals surface area contributed by atoms with Crippen LogP contribution in [0.2, 0.25) is 0 Å². The topological polar surface area (TPSA) is 137 Å². The molecular weight excluding hydrogens is 719 g/mol. The Balaban J connectivity index is 1.41. The Labute approximate surface area is 275 Å². The number of nitrogens with one attached hydrogen (secondary N) is 3. The van der Waals surface area contributed by atoms with Crippen LogP contribution in [-0.4, -0.2) is 44.4 Å². The molecule has 3 N–H and O–H groups in total. The second kappa shape index (κ2) is 15.5. The third kappa shape index (κ3) is 8.82. The van der Waals surface area contributed by atoms with E-state index in [-0.39, 0.29) is 42.7 Å². The number of methoxy groups -OCH3 is 1. The Kier molecular flexibility index (Phi) is 11.5. The van der Waals surface area contributed by atoms with E-state index in [2.05, 4.69) is 53.0 Å². The number of benzene rings is 3. The standard InChI is InChI=1S/C31H29Br2FN4O7/c1-4-43-30(40)27-17(2)36-31(41)37-28(27)19-7-10-24(25(12-19)42-3)44-16-26(39)38-35-14-20-11-21(32)13-23(33)29(20)45-15-18-5-8-22(34)9-6-18/h5-14,28H,4,15-16H2,1-3H3,(H,38,39)(H2,36,37,41)/b35-14+/t28-/m0/s1. The Morgan fingerprint density at radius 1 is 1.07 bits per heavy atom. The molecule has 0 aromatic heterocycles. The van der Waals surface area contributed by atoms with Gasteiger partial charge in [-0.2, -0.15) is 5.10 Å². The Morgan fingerprint density at radius 2 is 1.82 bits per heavy atom. The third-order valence-corrected chi connectivity index (χ3v) is 7.42. The first-order chi connectivity index (χ1) is 21.6. The summed E-state index contributed by atoms with van der Waals surface area (Å²) in [5.41, 5.74) is 4.92. The van der Waals surface area contributed by atoms with Crippen molar-refractivity contribution in [2.24, 2.45) is 5.10 Å². The summed E-state index contributed by atoms with van der Waals surface area (Å²) < 4.78 is 36.9. The molecule has 0 unspecified atom stereocenters. The number of hydrazone groups is 1. The van der Waals surface area contributed by atoms with E-state index in [9.17, 15) is 18.8 Å². The first kappa shape index (κ1) is 33.5. The van der Waals surface area contributed by atoms with Crippen LogP contribution in [0.3, 0.4) is 0 Å². The molecule has 0 saturated heterocycles. The van der Waals surface area contributed by atoms with Crippen LogP contribution in [-0.2, 0) is 20.9 Å². The number of hydrogen-bond donors (Lipinski definition) is 3. The minimum Gasteiger partial charge on any atom is -0.493 e. The Morgan fingerprint density at radius 3 is 2.53 bits per heavy atom. The summed E-state index contributed by atoms with van der Waals surface area (Å²) in [5.74, 6) is -0.441. The molecule has 11 nitrogen and oxygen atoms in total. The molecule has 3 aromatic rings. The number of esters is 1. The van der Waals surface area contributed by atoms with Crippen molar-refractivity contribution in [3.05, 3.63) is 97.3 Å². The molecule has 0 saturated carbocycles.